The van der Waals surface area contributed by atoms with Crippen molar-refractivity contribution in [3.05, 3.63) is 0 Å². The molecule has 0 amide bonds. The SMILES string of the molecule is OCCN1CCN(CC2CCCCC2)CC1. The Kier molecular flexibility index (Phi) is 5.07. The van der Waals surface area contributed by atoms with Gasteiger partial charge in [-0.15, -0.1) is 0 Å². The maximum atomic E-state index is 8.89. The molecule has 0 atom stereocenters. The average molecular weight is 226 g/mol. The molecule has 3 nitrogen and oxygen atoms in total. The third-order valence-electron chi connectivity index (χ3n) is 4.12. The molecule has 16 heavy (non-hydrogen) atoms. The van der Waals surface area contributed by atoms with Crippen LogP contribution in [0.2, 0.25) is 0 Å². The molecule has 1 saturated heterocycles. The molecule has 0 aromatic heterocycles. The van der Waals surface area contributed by atoms with Crippen LogP contribution in [-0.2, 0) is 0 Å². The lowest BCUT2D eigenvalue weighted by atomic mass is 9.89. The van der Waals surface area contributed by atoms with E-state index in [2.05, 4.69) is 9.80 Å². The maximum absolute atomic E-state index is 8.89. The number of nitrogens with zero attached hydrogens (tertiary/aromatic N) is 2. The topological polar surface area (TPSA) is 26.7 Å². The highest BCUT2D eigenvalue weighted by Gasteiger charge is 2.20. The summed E-state index contributed by atoms with van der Waals surface area (Å²) in [4.78, 5) is 5.00. The van der Waals surface area contributed by atoms with Crippen molar-refractivity contribution < 1.29 is 5.11 Å². The summed E-state index contributed by atoms with van der Waals surface area (Å²) >= 11 is 0. The lowest BCUT2D eigenvalue weighted by Crippen LogP contribution is -2.48. The second kappa shape index (κ2) is 6.58. The van der Waals surface area contributed by atoms with Crippen LogP contribution < -0.4 is 0 Å². The number of hydrogen-bond donors (Lipinski definition) is 1. The molecule has 1 heterocycles. The molecule has 0 unspecified atom stereocenters. The zero-order valence-electron chi connectivity index (χ0n) is 10.4. The Morgan fingerprint density at radius 2 is 1.50 bits per heavy atom. The van der Waals surface area contributed by atoms with Crippen molar-refractivity contribution in [1.29, 1.82) is 0 Å². The van der Waals surface area contributed by atoms with Gasteiger partial charge in [0.2, 0.25) is 0 Å². The summed E-state index contributed by atoms with van der Waals surface area (Å²) in [5.41, 5.74) is 0. The van der Waals surface area contributed by atoms with Gasteiger partial charge in [-0.2, -0.15) is 0 Å². The summed E-state index contributed by atoms with van der Waals surface area (Å²) in [6.45, 7) is 7.19. The first-order chi connectivity index (χ1) is 7.88. The highest BCUT2D eigenvalue weighted by atomic mass is 16.3. The first-order valence-corrected chi connectivity index (χ1v) is 6.94. The molecule has 0 radical (unpaired) electrons. The summed E-state index contributed by atoms with van der Waals surface area (Å²) in [6.07, 6.45) is 7.28. The molecule has 0 spiro atoms. The van der Waals surface area contributed by atoms with Crippen molar-refractivity contribution in [1.82, 2.24) is 9.80 Å². The van der Waals surface area contributed by atoms with Crippen molar-refractivity contribution in [3.63, 3.8) is 0 Å². The summed E-state index contributed by atoms with van der Waals surface area (Å²) in [5, 5.41) is 8.89. The largest absolute Gasteiger partial charge is 0.395 e. The average Bonchev–Trinajstić information content (AvgIpc) is 2.33. The molecule has 2 fully saturated rings. The number of aliphatic hydroxyl groups excluding tert-OH is 1. The van der Waals surface area contributed by atoms with Gasteiger partial charge in [0.1, 0.15) is 0 Å². The van der Waals surface area contributed by atoms with Crippen molar-refractivity contribution in [2.75, 3.05) is 45.9 Å². The predicted octanol–water partition coefficient (Wildman–Crippen LogP) is 1.18. The molecule has 0 aromatic rings. The molecule has 1 saturated carbocycles. The molecular formula is C13H26N2O. The zero-order chi connectivity index (χ0) is 11.2. The summed E-state index contributed by atoms with van der Waals surface area (Å²) in [7, 11) is 0. The van der Waals surface area contributed by atoms with Crippen LogP contribution in [0.4, 0.5) is 0 Å². The molecule has 94 valence electrons. The Labute approximate surface area is 99.4 Å². The first-order valence-electron chi connectivity index (χ1n) is 6.94. The van der Waals surface area contributed by atoms with E-state index in [1.54, 1.807) is 0 Å². The number of β-amino-alcohol motifs (C(OH)–C–C–N with tert-alkyl or cyclic N) is 1. The fourth-order valence-electron chi connectivity index (χ4n) is 3.07. The van der Waals surface area contributed by atoms with Gasteiger partial charge in [0.25, 0.3) is 0 Å². The molecule has 1 aliphatic heterocycles. The second-order valence-corrected chi connectivity index (χ2v) is 5.37. The fourth-order valence-corrected chi connectivity index (χ4v) is 3.07. The van der Waals surface area contributed by atoms with Crippen LogP contribution in [0.5, 0.6) is 0 Å². The monoisotopic (exact) mass is 226 g/mol. The zero-order valence-corrected chi connectivity index (χ0v) is 10.4. The van der Waals surface area contributed by atoms with Gasteiger partial charge in [-0.05, 0) is 18.8 Å². The van der Waals surface area contributed by atoms with Crippen molar-refractivity contribution >= 4 is 0 Å². The molecule has 2 aliphatic rings. The van der Waals surface area contributed by atoms with Crippen LogP contribution >= 0.6 is 0 Å². The van der Waals surface area contributed by atoms with E-state index in [9.17, 15) is 0 Å². The lowest BCUT2D eigenvalue weighted by molar-refractivity contribution is 0.0957. The van der Waals surface area contributed by atoms with Crippen LogP contribution in [0, 0.1) is 5.92 Å². The smallest absolute Gasteiger partial charge is 0.0558 e. The molecule has 3 heteroatoms. The number of piperazine rings is 1. The highest BCUT2D eigenvalue weighted by molar-refractivity contribution is 4.76. The van der Waals surface area contributed by atoms with Crippen molar-refractivity contribution in [2.45, 2.75) is 32.1 Å². The Morgan fingerprint density at radius 3 is 2.12 bits per heavy atom. The first kappa shape index (κ1) is 12.3. The van der Waals surface area contributed by atoms with E-state index in [0.717, 1.165) is 25.6 Å². The van der Waals surface area contributed by atoms with E-state index in [0.29, 0.717) is 6.61 Å². The van der Waals surface area contributed by atoms with Gasteiger partial charge in [-0.3, -0.25) is 4.90 Å². The summed E-state index contributed by atoms with van der Waals surface area (Å²) in [5.74, 6) is 0.971. The standard InChI is InChI=1S/C13H26N2O/c16-11-10-14-6-8-15(9-7-14)12-13-4-2-1-3-5-13/h13,16H,1-12H2. The van der Waals surface area contributed by atoms with Crippen LogP contribution in [0.25, 0.3) is 0 Å². The third-order valence-corrected chi connectivity index (χ3v) is 4.12. The van der Waals surface area contributed by atoms with Crippen LogP contribution in [-0.4, -0.2) is 60.8 Å². The third kappa shape index (κ3) is 3.72. The van der Waals surface area contributed by atoms with E-state index in [1.807, 2.05) is 0 Å². The minimum atomic E-state index is 0.308. The van der Waals surface area contributed by atoms with E-state index >= 15 is 0 Å². The fraction of sp³-hybridized carbons (Fsp3) is 1.00. The maximum Gasteiger partial charge on any atom is 0.0558 e. The van der Waals surface area contributed by atoms with Gasteiger partial charge >= 0.3 is 0 Å². The van der Waals surface area contributed by atoms with E-state index in [1.165, 1.54) is 51.7 Å². The van der Waals surface area contributed by atoms with Gasteiger partial charge in [0, 0.05) is 39.3 Å². The highest BCUT2D eigenvalue weighted by Crippen LogP contribution is 2.24. The minimum Gasteiger partial charge on any atom is -0.395 e. The Balaban J connectivity index is 1.64. The number of hydrogen-bond acceptors (Lipinski definition) is 3. The molecule has 0 aromatic carbocycles. The van der Waals surface area contributed by atoms with Crippen molar-refractivity contribution in [2.24, 2.45) is 5.92 Å². The van der Waals surface area contributed by atoms with Gasteiger partial charge in [-0.1, -0.05) is 19.3 Å². The Hall–Kier alpha value is -0.120. The van der Waals surface area contributed by atoms with Gasteiger partial charge < -0.3 is 10.0 Å². The van der Waals surface area contributed by atoms with E-state index in [-0.39, 0.29) is 0 Å². The number of aliphatic hydroxyl groups is 1. The van der Waals surface area contributed by atoms with Gasteiger partial charge in [0.15, 0.2) is 0 Å². The molecule has 0 bridgehead atoms. The Morgan fingerprint density at radius 1 is 0.875 bits per heavy atom. The lowest BCUT2D eigenvalue weighted by Gasteiger charge is -2.37. The normalized spacial score (nSPS) is 26.1. The molecule has 1 N–H and O–H groups in total. The van der Waals surface area contributed by atoms with Crippen molar-refractivity contribution in [3.8, 4) is 0 Å². The van der Waals surface area contributed by atoms with E-state index in [4.69, 9.17) is 5.11 Å². The predicted molar refractivity (Wildman–Crippen MR) is 66.5 cm³/mol. The van der Waals surface area contributed by atoms with Crippen LogP contribution in [0.1, 0.15) is 32.1 Å². The second-order valence-electron chi connectivity index (χ2n) is 5.37. The molecule has 1 aliphatic carbocycles. The Bertz CT molecular complexity index is 184. The molecular weight excluding hydrogens is 200 g/mol. The number of rotatable bonds is 4. The quantitative estimate of drug-likeness (QED) is 0.780. The van der Waals surface area contributed by atoms with Crippen LogP contribution in [0.15, 0.2) is 0 Å². The van der Waals surface area contributed by atoms with E-state index < -0.39 is 0 Å². The summed E-state index contributed by atoms with van der Waals surface area (Å²) < 4.78 is 0. The van der Waals surface area contributed by atoms with Crippen LogP contribution in [0.3, 0.4) is 0 Å². The van der Waals surface area contributed by atoms with Gasteiger partial charge in [0.05, 0.1) is 6.61 Å². The molecule has 2 rings (SSSR count). The summed E-state index contributed by atoms with van der Waals surface area (Å²) in [6, 6.07) is 0. The van der Waals surface area contributed by atoms with Gasteiger partial charge in [-0.25, -0.2) is 0 Å². The minimum absolute atomic E-state index is 0.308.